The van der Waals surface area contributed by atoms with E-state index in [4.69, 9.17) is 0 Å². The number of hydrogen-bond acceptors (Lipinski definition) is 6. The fraction of sp³-hybridized carbons (Fsp3) is 0.478. The van der Waals surface area contributed by atoms with Crippen molar-refractivity contribution in [2.45, 2.75) is 70.2 Å². The summed E-state index contributed by atoms with van der Waals surface area (Å²) in [6.45, 7) is 3.24. The molecule has 1 fully saturated rings. The predicted molar refractivity (Wildman–Crippen MR) is 117 cm³/mol. The lowest BCUT2D eigenvalue weighted by molar-refractivity contribution is -0.136. The Labute approximate surface area is 189 Å². The summed E-state index contributed by atoms with van der Waals surface area (Å²) in [5.74, 6) is 0.247. The molecule has 3 aromatic heterocycles. The van der Waals surface area contributed by atoms with Gasteiger partial charge in [0.1, 0.15) is 5.69 Å². The fourth-order valence-corrected chi connectivity index (χ4v) is 4.50. The molecule has 3 heterocycles. The van der Waals surface area contributed by atoms with Gasteiger partial charge in [-0.05, 0) is 63.3 Å². The van der Waals surface area contributed by atoms with Crippen LogP contribution in [-0.2, 0) is 0 Å². The molecule has 0 amide bonds. The number of fused-ring (bicyclic) bond motifs is 1. The second-order valence-electron chi connectivity index (χ2n) is 8.77. The molecule has 33 heavy (non-hydrogen) atoms. The standard InChI is InChI=1S/C23H26F3N5O2/c1-13-7-16(8-17(12-32)28-13)19-9-20(15-3-5-18(33)6-4-15)31-21(19)11-27-22(30-31)29-14(2)10-23(24,25)26/h7-9,11-12,14-15,18,33H,3-6,10H2,1-2H3,(H,29,30)/t14-,15?,18?/m0/s1. The molecule has 176 valence electrons. The van der Waals surface area contributed by atoms with Crippen LogP contribution in [0.2, 0.25) is 0 Å². The maximum atomic E-state index is 12.7. The molecule has 0 aliphatic heterocycles. The molecule has 0 radical (unpaired) electrons. The summed E-state index contributed by atoms with van der Waals surface area (Å²) in [7, 11) is 0. The summed E-state index contributed by atoms with van der Waals surface area (Å²) in [6.07, 6.45) is -0.422. The van der Waals surface area contributed by atoms with E-state index in [0.29, 0.717) is 36.0 Å². The maximum absolute atomic E-state index is 12.7. The molecule has 4 rings (SSSR count). The molecule has 3 aromatic rings. The molecule has 0 bridgehead atoms. The Morgan fingerprint density at radius 2 is 1.97 bits per heavy atom. The van der Waals surface area contributed by atoms with Crippen LogP contribution in [0.4, 0.5) is 19.1 Å². The Balaban J connectivity index is 1.78. The van der Waals surface area contributed by atoms with Crippen LogP contribution in [0.25, 0.3) is 16.6 Å². The number of halogens is 3. The molecular weight excluding hydrogens is 435 g/mol. The number of aliphatic hydroxyl groups is 1. The molecule has 7 nitrogen and oxygen atoms in total. The minimum Gasteiger partial charge on any atom is -0.393 e. The molecule has 0 unspecified atom stereocenters. The number of aliphatic hydroxyl groups excluding tert-OH is 1. The van der Waals surface area contributed by atoms with E-state index in [0.717, 1.165) is 29.7 Å². The summed E-state index contributed by atoms with van der Waals surface area (Å²) in [5, 5.41) is 17.2. The number of nitrogens with one attached hydrogen (secondary N) is 1. The zero-order valence-electron chi connectivity index (χ0n) is 18.4. The Kier molecular flexibility index (Phi) is 6.38. The summed E-state index contributed by atoms with van der Waals surface area (Å²) in [6, 6.07) is 4.68. The monoisotopic (exact) mass is 461 g/mol. The molecule has 1 atom stereocenters. The van der Waals surface area contributed by atoms with Crippen LogP contribution in [0, 0.1) is 6.92 Å². The molecular formula is C23H26F3N5O2. The van der Waals surface area contributed by atoms with Crippen molar-refractivity contribution in [1.29, 1.82) is 0 Å². The summed E-state index contributed by atoms with van der Waals surface area (Å²) in [4.78, 5) is 19.8. The highest BCUT2D eigenvalue weighted by atomic mass is 19.4. The smallest absolute Gasteiger partial charge is 0.391 e. The van der Waals surface area contributed by atoms with Gasteiger partial charge in [-0.25, -0.2) is 9.50 Å². The van der Waals surface area contributed by atoms with Crippen LogP contribution in [0.3, 0.4) is 0 Å². The highest BCUT2D eigenvalue weighted by Gasteiger charge is 2.30. The number of carbonyl (C=O) groups is 1. The van der Waals surface area contributed by atoms with Gasteiger partial charge < -0.3 is 10.4 Å². The van der Waals surface area contributed by atoms with Gasteiger partial charge in [-0.2, -0.15) is 13.2 Å². The molecule has 2 N–H and O–H groups in total. The SMILES string of the molecule is Cc1cc(-c2cc(C3CCC(O)CC3)n3nc(N[C@@H](C)CC(F)(F)F)ncc23)cc(C=O)n1. The highest BCUT2D eigenvalue weighted by molar-refractivity contribution is 5.84. The number of carbonyl (C=O) groups excluding carboxylic acids is 1. The maximum Gasteiger partial charge on any atom is 0.391 e. The van der Waals surface area contributed by atoms with E-state index in [2.05, 4.69) is 20.4 Å². The van der Waals surface area contributed by atoms with E-state index < -0.39 is 18.6 Å². The zero-order chi connectivity index (χ0) is 23.8. The first-order valence-corrected chi connectivity index (χ1v) is 11.0. The number of nitrogens with zero attached hydrogens (tertiary/aromatic N) is 4. The van der Waals surface area contributed by atoms with Gasteiger partial charge in [0.05, 0.1) is 24.2 Å². The van der Waals surface area contributed by atoms with Gasteiger partial charge in [0, 0.05) is 28.9 Å². The second-order valence-corrected chi connectivity index (χ2v) is 8.77. The normalized spacial score (nSPS) is 20.1. The fourth-order valence-electron chi connectivity index (χ4n) is 4.50. The van der Waals surface area contributed by atoms with Crippen molar-refractivity contribution in [1.82, 2.24) is 19.6 Å². The Morgan fingerprint density at radius 3 is 2.64 bits per heavy atom. The number of hydrogen-bond donors (Lipinski definition) is 2. The number of aldehydes is 1. The number of aryl methyl sites for hydroxylation is 1. The minimum absolute atomic E-state index is 0.109. The van der Waals surface area contributed by atoms with Gasteiger partial charge in [0.25, 0.3) is 0 Å². The Bertz CT molecular complexity index is 1150. The second kappa shape index (κ2) is 9.09. The first-order valence-electron chi connectivity index (χ1n) is 11.0. The van der Waals surface area contributed by atoms with Gasteiger partial charge in [-0.3, -0.25) is 9.78 Å². The lowest BCUT2D eigenvalue weighted by Crippen LogP contribution is -2.25. The minimum atomic E-state index is -4.29. The van der Waals surface area contributed by atoms with Gasteiger partial charge in [-0.1, -0.05) is 0 Å². The van der Waals surface area contributed by atoms with E-state index in [9.17, 15) is 23.1 Å². The molecule has 1 aliphatic rings. The molecule has 10 heteroatoms. The van der Waals surface area contributed by atoms with E-state index in [-0.39, 0.29) is 18.0 Å². The van der Waals surface area contributed by atoms with Gasteiger partial charge in [0.2, 0.25) is 5.95 Å². The van der Waals surface area contributed by atoms with Crippen molar-refractivity contribution >= 4 is 17.8 Å². The van der Waals surface area contributed by atoms with E-state index in [1.165, 1.54) is 6.92 Å². The van der Waals surface area contributed by atoms with Crippen molar-refractivity contribution in [3.63, 3.8) is 0 Å². The van der Waals surface area contributed by atoms with Crippen molar-refractivity contribution in [2.75, 3.05) is 5.32 Å². The van der Waals surface area contributed by atoms with Crippen LogP contribution in [0.1, 0.15) is 66.8 Å². The number of rotatable bonds is 6. The Hall–Kier alpha value is -3.01. The van der Waals surface area contributed by atoms with Crippen LogP contribution in [-0.4, -0.2) is 49.3 Å². The van der Waals surface area contributed by atoms with Crippen LogP contribution >= 0.6 is 0 Å². The number of alkyl halides is 3. The average Bonchev–Trinajstić information content (AvgIpc) is 3.11. The number of pyridine rings is 1. The van der Waals surface area contributed by atoms with Crippen molar-refractivity contribution in [3.05, 3.63) is 41.5 Å². The van der Waals surface area contributed by atoms with Gasteiger partial charge in [-0.15, -0.1) is 5.10 Å². The topological polar surface area (TPSA) is 92.4 Å². The zero-order valence-corrected chi connectivity index (χ0v) is 18.4. The van der Waals surface area contributed by atoms with Crippen molar-refractivity contribution in [2.24, 2.45) is 0 Å². The molecule has 1 saturated carbocycles. The van der Waals surface area contributed by atoms with E-state index in [1.54, 1.807) is 23.7 Å². The average molecular weight is 461 g/mol. The first-order chi connectivity index (χ1) is 15.6. The van der Waals surface area contributed by atoms with Gasteiger partial charge >= 0.3 is 6.18 Å². The van der Waals surface area contributed by atoms with Gasteiger partial charge in [0.15, 0.2) is 6.29 Å². The van der Waals surface area contributed by atoms with Crippen molar-refractivity contribution in [3.8, 4) is 11.1 Å². The summed E-state index contributed by atoms with van der Waals surface area (Å²) in [5.41, 5.74) is 4.21. The third-order valence-electron chi connectivity index (χ3n) is 5.98. The Morgan fingerprint density at radius 1 is 1.24 bits per heavy atom. The molecule has 0 aromatic carbocycles. The van der Waals surface area contributed by atoms with Crippen LogP contribution < -0.4 is 5.32 Å². The number of aromatic nitrogens is 4. The number of anilines is 1. The summed E-state index contributed by atoms with van der Waals surface area (Å²) < 4.78 is 40.0. The lowest BCUT2D eigenvalue weighted by Gasteiger charge is -2.25. The molecule has 0 spiro atoms. The third-order valence-corrected chi connectivity index (χ3v) is 5.98. The lowest BCUT2D eigenvalue weighted by atomic mass is 9.85. The quantitative estimate of drug-likeness (QED) is 0.518. The summed E-state index contributed by atoms with van der Waals surface area (Å²) >= 11 is 0. The van der Waals surface area contributed by atoms with E-state index in [1.807, 2.05) is 12.1 Å². The van der Waals surface area contributed by atoms with E-state index >= 15 is 0 Å². The predicted octanol–water partition coefficient (Wildman–Crippen LogP) is 4.68. The highest BCUT2D eigenvalue weighted by Crippen LogP contribution is 2.38. The van der Waals surface area contributed by atoms with Crippen LogP contribution in [0.15, 0.2) is 24.4 Å². The molecule has 0 saturated heterocycles. The largest absolute Gasteiger partial charge is 0.393 e. The third kappa shape index (κ3) is 5.32. The van der Waals surface area contributed by atoms with Crippen LogP contribution in [0.5, 0.6) is 0 Å². The first kappa shape index (κ1) is 23.2. The molecule has 1 aliphatic carbocycles. The van der Waals surface area contributed by atoms with Crippen molar-refractivity contribution < 1.29 is 23.1 Å².